The van der Waals surface area contributed by atoms with Crippen LogP contribution in [0.1, 0.15) is 39.5 Å². The first-order chi connectivity index (χ1) is 4.72. The Morgan fingerprint density at radius 2 is 1.92 bits per heavy atom. The Hall–Kier alpha value is 2.39. The van der Waals surface area contributed by atoms with Crippen molar-refractivity contribution >= 4 is 5.97 Å². The number of rotatable bonds is 5. The van der Waals surface area contributed by atoms with E-state index in [9.17, 15) is 4.79 Å². The van der Waals surface area contributed by atoms with Crippen LogP contribution in [0.5, 0.6) is 0 Å². The minimum atomic E-state index is -0.643. The maximum absolute atomic E-state index is 10.4. The molecule has 0 aromatic heterocycles. The second-order valence-electron chi connectivity index (χ2n) is 2.59. The first-order valence-corrected chi connectivity index (χ1v) is 3.95. The van der Waals surface area contributed by atoms with Gasteiger partial charge in [0.15, 0.2) is 0 Å². The Labute approximate surface area is 148 Å². The van der Waals surface area contributed by atoms with Crippen LogP contribution in [0.3, 0.4) is 0 Å². The molecule has 0 heterocycles. The number of carboxylic acids is 1. The summed E-state index contributed by atoms with van der Waals surface area (Å²) >= 11 is 0. The van der Waals surface area contributed by atoms with Gasteiger partial charge in [0.05, 0.1) is 5.92 Å². The molecule has 2 nitrogen and oxygen atoms in total. The van der Waals surface area contributed by atoms with Gasteiger partial charge in [0.1, 0.15) is 0 Å². The smallest absolute Gasteiger partial charge is 0.306 e. The summed E-state index contributed by atoms with van der Waals surface area (Å²) in [6.07, 6.45) is 3.71. The first kappa shape index (κ1) is 19.9. The molecule has 0 saturated carbocycles. The zero-order valence-electron chi connectivity index (χ0n) is 7.55. The van der Waals surface area contributed by atoms with Crippen molar-refractivity contribution in [3.05, 3.63) is 0 Å². The molecule has 73 valence electrons. The van der Waals surface area contributed by atoms with Gasteiger partial charge in [-0.2, -0.15) is 0 Å². The van der Waals surface area contributed by atoms with Crippen LogP contribution in [0.2, 0.25) is 0 Å². The predicted molar refractivity (Wildman–Crippen MR) is 40.9 cm³/mol. The number of aliphatic carboxylic acids is 1. The molecule has 4 heteroatoms. The maximum Gasteiger partial charge on any atom is 0.306 e. The minimum absolute atomic E-state index is 0. The zero-order chi connectivity index (χ0) is 7.98. The first-order valence-electron chi connectivity index (χ1n) is 3.95. The number of hydrogen-bond donors (Lipinski definition) is 1. The van der Waals surface area contributed by atoms with E-state index in [1.165, 1.54) is 0 Å². The van der Waals surface area contributed by atoms with Crippen molar-refractivity contribution in [2.45, 2.75) is 39.5 Å². The van der Waals surface area contributed by atoms with E-state index in [1.54, 1.807) is 0 Å². The summed E-state index contributed by atoms with van der Waals surface area (Å²) in [7, 11) is 0. The van der Waals surface area contributed by atoms with Crippen molar-refractivity contribution in [2.75, 3.05) is 0 Å². The quantitative estimate of drug-likeness (QED) is 0.704. The summed E-state index contributed by atoms with van der Waals surface area (Å²) in [5.41, 5.74) is 0. The second-order valence-corrected chi connectivity index (χ2v) is 2.59. The van der Waals surface area contributed by atoms with Crippen molar-refractivity contribution in [2.24, 2.45) is 5.92 Å². The Kier molecular flexibility index (Phi) is 22.2. The summed E-state index contributed by atoms with van der Waals surface area (Å²) < 4.78 is 0. The zero-order valence-corrected chi connectivity index (χ0v) is 12.6. The molecular weight excluding hydrogens is 430 g/mol. The van der Waals surface area contributed by atoms with Gasteiger partial charge in [0.2, 0.25) is 0 Å². The van der Waals surface area contributed by atoms with E-state index in [-0.39, 0.29) is 95.7 Å². The molecule has 0 fully saturated rings. The van der Waals surface area contributed by atoms with Crippen LogP contribution in [0.15, 0.2) is 0 Å². The third-order valence-corrected chi connectivity index (χ3v) is 1.75. The molecule has 0 bridgehead atoms. The van der Waals surface area contributed by atoms with E-state index in [2.05, 4.69) is 6.92 Å². The SMILES string of the molecule is CCCCC(CC)C(=O)O.[Eu].[Sm]. The van der Waals surface area contributed by atoms with Crippen LogP contribution in [-0.2, 0) is 4.79 Å². The molecule has 0 saturated heterocycles. The minimum Gasteiger partial charge on any atom is -0.481 e. The van der Waals surface area contributed by atoms with E-state index >= 15 is 0 Å². The Balaban J connectivity index is -0.000000405. The van der Waals surface area contributed by atoms with Crippen LogP contribution >= 0.6 is 0 Å². The number of carbonyl (C=O) groups is 1. The number of hydrogen-bond acceptors (Lipinski definition) is 1. The largest absolute Gasteiger partial charge is 0.481 e. The van der Waals surface area contributed by atoms with Gasteiger partial charge in [-0.1, -0.05) is 26.7 Å². The summed E-state index contributed by atoms with van der Waals surface area (Å²) in [6, 6.07) is 0. The summed E-state index contributed by atoms with van der Waals surface area (Å²) in [6.45, 7) is 4.00. The van der Waals surface area contributed by atoms with Crippen LogP contribution < -0.4 is 0 Å². The van der Waals surface area contributed by atoms with Crippen molar-refractivity contribution < 1.29 is 99.7 Å². The molecule has 0 rings (SSSR count). The van der Waals surface area contributed by atoms with Crippen molar-refractivity contribution in [3.8, 4) is 0 Å². The maximum atomic E-state index is 10.4. The summed E-state index contributed by atoms with van der Waals surface area (Å²) in [5.74, 6) is -0.754. The Morgan fingerprint density at radius 3 is 2.17 bits per heavy atom. The van der Waals surface area contributed by atoms with E-state index in [0.29, 0.717) is 0 Å². The van der Waals surface area contributed by atoms with Gasteiger partial charge in [-0.05, 0) is 12.8 Å². The molecule has 0 aliphatic heterocycles. The summed E-state index contributed by atoms with van der Waals surface area (Å²) in [5, 5.41) is 8.60. The molecule has 0 aliphatic carbocycles. The van der Waals surface area contributed by atoms with Gasteiger partial charge in [0, 0.05) is 89.8 Å². The van der Waals surface area contributed by atoms with Gasteiger partial charge < -0.3 is 5.11 Å². The fourth-order valence-corrected chi connectivity index (χ4v) is 0.953. The monoisotopic (exact) mass is 449 g/mol. The molecule has 0 spiro atoms. The predicted octanol–water partition coefficient (Wildman–Crippen LogP) is 2.29. The normalized spacial score (nSPS) is 10.8. The number of carboxylic acid groups (broad SMARTS) is 1. The van der Waals surface area contributed by atoms with E-state index < -0.39 is 5.97 Å². The fourth-order valence-electron chi connectivity index (χ4n) is 0.953. The Morgan fingerprint density at radius 1 is 1.42 bits per heavy atom. The van der Waals surface area contributed by atoms with Gasteiger partial charge in [-0.25, -0.2) is 0 Å². The van der Waals surface area contributed by atoms with Gasteiger partial charge in [0.25, 0.3) is 0 Å². The molecule has 0 aliphatic rings. The third-order valence-electron chi connectivity index (χ3n) is 1.75. The average molecular weight is 447 g/mol. The molecule has 0 aromatic carbocycles. The van der Waals surface area contributed by atoms with Crippen molar-refractivity contribution in [1.82, 2.24) is 0 Å². The molecule has 12 heavy (non-hydrogen) atoms. The molecule has 1 unspecified atom stereocenters. The van der Waals surface area contributed by atoms with Crippen LogP contribution in [-0.4, -0.2) is 11.1 Å². The summed E-state index contributed by atoms with van der Waals surface area (Å²) in [4.78, 5) is 10.4. The van der Waals surface area contributed by atoms with Crippen LogP contribution in [0, 0.1) is 95.7 Å². The molecule has 1 radical (unpaired) electrons. The second kappa shape index (κ2) is 13.4. The van der Waals surface area contributed by atoms with Crippen molar-refractivity contribution in [3.63, 3.8) is 0 Å². The molecule has 1 atom stereocenters. The van der Waals surface area contributed by atoms with Gasteiger partial charge >= 0.3 is 5.97 Å². The molecule has 0 aromatic rings. The van der Waals surface area contributed by atoms with Crippen LogP contribution in [0.25, 0.3) is 0 Å². The number of unbranched alkanes of at least 4 members (excludes halogenated alkanes) is 1. The van der Waals surface area contributed by atoms with E-state index in [4.69, 9.17) is 5.11 Å². The standard InChI is InChI=1S/C8H16O2.Eu.Sm/c1-3-5-6-7(4-2)8(9)10;;/h7H,3-6H2,1-2H3,(H,9,10);;. The fraction of sp³-hybridized carbons (Fsp3) is 0.875. The topological polar surface area (TPSA) is 37.3 Å². The van der Waals surface area contributed by atoms with E-state index in [1.807, 2.05) is 6.92 Å². The van der Waals surface area contributed by atoms with Gasteiger partial charge in [-0.3, -0.25) is 4.79 Å². The molecule has 1 N–H and O–H groups in total. The van der Waals surface area contributed by atoms with E-state index in [0.717, 1.165) is 25.7 Å². The Bertz CT molecular complexity index is 109. The average Bonchev–Trinajstić information content (AvgIpc) is 1.89. The molecule has 0 amide bonds. The van der Waals surface area contributed by atoms with Crippen molar-refractivity contribution in [1.29, 1.82) is 0 Å². The molecular formula is C8H16EuO2Sm. The van der Waals surface area contributed by atoms with Crippen LogP contribution in [0.4, 0.5) is 0 Å². The van der Waals surface area contributed by atoms with Gasteiger partial charge in [-0.15, -0.1) is 0 Å². The third kappa shape index (κ3) is 10.5.